The second-order valence-electron chi connectivity index (χ2n) is 10.4. The summed E-state index contributed by atoms with van der Waals surface area (Å²) in [6.45, 7) is 11.3. The van der Waals surface area contributed by atoms with Crippen LogP contribution in [0, 0.1) is 22.6 Å². The fraction of sp³-hybridized carbons (Fsp3) is 0.600. The van der Waals surface area contributed by atoms with Gasteiger partial charge in [0.15, 0.2) is 0 Å². The Morgan fingerprint density at radius 3 is 2.52 bits per heavy atom. The molecule has 2 aliphatic rings. The lowest BCUT2D eigenvalue weighted by Gasteiger charge is -2.54. The van der Waals surface area contributed by atoms with Crippen molar-refractivity contribution >= 4 is 11.6 Å². The predicted octanol–water partition coefficient (Wildman–Crippen LogP) is 6.24. The average Bonchev–Trinajstić information content (AvgIpc) is 2.74. The van der Waals surface area contributed by atoms with Gasteiger partial charge in [-0.1, -0.05) is 32.4 Å². The van der Waals surface area contributed by atoms with E-state index in [-0.39, 0.29) is 5.82 Å². The van der Waals surface area contributed by atoms with Gasteiger partial charge in [0.05, 0.1) is 17.3 Å². The molecule has 31 heavy (non-hydrogen) atoms. The Morgan fingerprint density at radius 1 is 1.13 bits per heavy atom. The lowest BCUT2D eigenvalue weighted by Crippen LogP contribution is -2.51. The molecule has 6 heteroatoms. The van der Waals surface area contributed by atoms with Crippen molar-refractivity contribution in [1.82, 2.24) is 15.1 Å². The van der Waals surface area contributed by atoms with Crippen LogP contribution >= 0.6 is 11.6 Å². The molecule has 0 radical (unpaired) electrons. The maximum atomic E-state index is 13.5. The first kappa shape index (κ1) is 22.5. The summed E-state index contributed by atoms with van der Waals surface area (Å²) in [5.41, 5.74) is 1.93. The van der Waals surface area contributed by atoms with Crippen molar-refractivity contribution in [2.24, 2.45) is 16.7 Å². The highest BCUT2D eigenvalue weighted by molar-refractivity contribution is 6.33. The Labute approximate surface area is 190 Å². The van der Waals surface area contributed by atoms with E-state index in [0.29, 0.717) is 45.5 Å². The predicted molar refractivity (Wildman–Crippen MR) is 123 cm³/mol. The molecule has 1 aromatic carbocycles. The zero-order valence-corrected chi connectivity index (χ0v) is 19.6. The van der Waals surface area contributed by atoms with Gasteiger partial charge in [-0.2, -0.15) is 0 Å². The van der Waals surface area contributed by atoms with Gasteiger partial charge in [0.2, 0.25) is 5.88 Å². The molecule has 1 saturated carbocycles. The van der Waals surface area contributed by atoms with Gasteiger partial charge in [-0.25, -0.2) is 4.39 Å². The summed E-state index contributed by atoms with van der Waals surface area (Å²) in [6, 6.07) is 7.82. The molecule has 168 valence electrons. The van der Waals surface area contributed by atoms with Crippen LogP contribution in [0.3, 0.4) is 0 Å². The molecule has 2 aromatic rings. The van der Waals surface area contributed by atoms with E-state index in [0.717, 1.165) is 0 Å². The van der Waals surface area contributed by atoms with Gasteiger partial charge in [-0.15, -0.1) is 10.2 Å². The van der Waals surface area contributed by atoms with Crippen molar-refractivity contribution in [2.75, 3.05) is 26.2 Å². The molecule has 4 rings (SSSR count). The number of hydrogen-bond acceptors (Lipinski definition) is 4. The molecule has 4 nitrogen and oxygen atoms in total. The Morgan fingerprint density at radius 2 is 1.90 bits per heavy atom. The number of benzene rings is 1. The first-order valence-corrected chi connectivity index (χ1v) is 11.8. The molecule has 0 amide bonds. The van der Waals surface area contributed by atoms with Crippen LogP contribution in [0.2, 0.25) is 5.02 Å². The van der Waals surface area contributed by atoms with Crippen molar-refractivity contribution < 1.29 is 9.13 Å². The van der Waals surface area contributed by atoms with Crippen molar-refractivity contribution in [2.45, 2.75) is 52.9 Å². The monoisotopic (exact) mass is 445 g/mol. The molecule has 1 saturated heterocycles. The van der Waals surface area contributed by atoms with Crippen molar-refractivity contribution in [3.05, 3.63) is 41.2 Å². The van der Waals surface area contributed by atoms with Gasteiger partial charge >= 0.3 is 0 Å². The minimum absolute atomic E-state index is 0.346. The minimum atomic E-state index is -0.346. The van der Waals surface area contributed by atoms with E-state index in [2.05, 4.69) is 35.9 Å². The van der Waals surface area contributed by atoms with E-state index in [1.165, 1.54) is 69.9 Å². The second kappa shape index (κ2) is 9.03. The van der Waals surface area contributed by atoms with Crippen LogP contribution in [0.5, 0.6) is 5.88 Å². The zero-order valence-electron chi connectivity index (χ0n) is 18.8. The van der Waals surface area contributed by atoms with Crippen LogP contribution < -0.4 is 4.74 Å². The van der Waals surface area contributed by atoms with Gasteiger partial charge in [0.1, 0.15) is 5.82 Å². The summed E-state index contributed by atoms with van der Waals surface area (Å²) in [7, 11) is 0. The lowest BCUT2D eigenvalue weighted by molar-refractivity contribution is -0.0557. The van der Waals surface area contributed by atoms with E-state index in [1.807, 2.05) is 0 Å². The highest BCUT2D eigenvalue weighted by atomic mass is 35.5. The van der Waals surface area contributed by atoms with Crippen molar-refractivity contribution in [3.63, 3.8) is 0 Å². The number of aromatic nitrogens is 2. The van der Waals surface area contributed by atoms with E-state index in [9.17, 15) is 4.39 Å². The highest BCUT2D eigenvalue weighted by Gasteiger charge is 2.48. The molecule has 2 fully saturated rings. The topological polar surface area (TPSA) is 38.2 Å². The normalized spacial score (nSPS) is 21.1. The summed E-state index contributed by atoms with van der Waals surface area (Å²) in [5.74, 6) is 0.763. The Hall–Kier alpha value is -1.72. The minimum Gasteiger partial charge on any atom is -0.476 e. The molecule has 1 aliphatic carbocycles. The standard InChI is InChI=1S/C25H33ClFN3O/c1-24(2,3)10-13-30-14-11-25(12-15-30)9-8-18(25)17-31-23-7-6-22(28-29-23)20-16-19(27)4-5-21(20)26/h4-7,16,18H,8-15,17H2,1-3H3. The van der Waals surface area contributed by atoms with E-state index in [1.54, 1.807) is 12.1 Å². The molecule has 2 heterocycles. The highest BCUT2D eigenvalue weighted by Crippen LogP contribution is 2.53. The molecular weight excluding hydrogens is 413 g/mol. The number of ether oxygens (including phenoxy) is 1. The van der Waals surface area contributed by atoms with E-state index >= 15 is 0 Å². The number of hydrogen-bond donors (Lipinski definition) is 0. The Balaban J connectivity index is 1.29. The maximum Gasteiger partial charge on any atom is 0.233 e. The first-order chi connectivity index (χ1) is 14.7. The summed E-state index contributed by atoms with van der Waals surface area (Å²) in [6.07, 6.45) is 6.34. The third-order valence-corrected chi connectivity index (χ3v) is 7.49. The van der Waals surface area contributed by atoms with Crippen molar-refractivity contribution in [3.8, 4) is 17.1 Å². The third-order valence-electron chi connectivity index (χ3n) is 7.16. The maximum absolute atomic E-state index is 13.5. The second-order valence-corrected chi connectivity index (χ2v) is 10.8. The van der Waals surface area contributed by atoms with Crippen LogP contribution in [0.4, 0.5) is 4.39 Å². The molecule has 0 bridgehead atoms. The SMILES string of the molecule is CC(C)(C)CCN1CCC2(CCC2COc2ccc(-c3cc(F)ccc3Cl)nn2)CC1. The molecular formula is C25H33ClFN3O. The van der Waals surface area contributed by atoms with Gasteiger partial charge in [-0.05, 0) is 92.8 Å². The lowest BCUT2D eigenvalue weighted by atomic mass is 9.56. The molecule has 1 atom stereocenters. The molecule has 1 spiro atoms. The number of halogens is 2. The fourth-order valence-electron chi connectivity index (χ4n) is 4.81. The van der Waals surface area contributed by atoms with Gasteiger partial charge in [0, 0.05) is 11.6 Å². The van der Waals surface area contributed by atoms with Crippen molar-refractivity contribution in [1.29, 1.82) is 0 Å². The summed E-state index contributed by atoms with van der Waals surface area (Å²) >= 11 is 6.17. The third kappa shape index (κ3) is 5.38. The number of piperidine rings is 1. The van der Waals surface area contributed by atoms with Crippen LogP contribution in [0.15, 0.2) is 30.3 Å². The van der Waals surface area contributed by atoms with Gasteiger partial charge in [-0.3, -0.25) is 0 Å². The first-order valence-electron chi connectivity index (χ1n) is 11.4. The van der Waals surface area contributed by atoms with Gasteiger partial charge in [0.25, 0.3) is 0 Å². The average molecular weight is 446 g/mol. The van der Waals surface area contributed by atoms with Crippen LogP contribution in [0.1, 0.15) is 52.9 Å². The number of nitrogens with zero attached hydrogens (tertiary/aromatic N) is 3. The van der Waals surface area contributed by atoms with Gasteiger partial charge < -0.3 is 9.64 Å². The summed E-state index contributed by atoms with van der Waals surface area (Å²) in [4.78, 5) is 2.63. The summed E-state index contributed by atoms with van der Waals surface area (Å²) < 4.78 is 19.5. The van der Waals surface area contributed by atoms with Crippen LogP contribution in [0.25, 0.3) is 11.3 Å². The largest absolute Gasteiger partial charge is 0.476 e. The smallest absolute Gasteiger partial charge is 0.233 e. The molecule has 0 N–H and O–H groups in total. The van der Waals surface area contributed by atoms with Crippen LogP contribution in [-0.4, -0.2) is 41.3 Å². The Kier molecular flexibility index (Phi) is 6.55. The van der Waals surface area contributed by atoms with E-state index in [4.69, 9.17) is 16.3 Å². The number of rotatable bonds is 6. The summed E-state index contributed by atoms with van der Waals surface area (Å²) in [5, 5.41) is 8.83. The molecule has 1 unspecified atom stereocenters. The zero-order chi connectivity index (χ0) is 22.1. The Bertz CT molecular complexity index is 889. The molecule has 1 aliphatic heterocycles. The quantitative estimate of drug-likeness (QED) is 0.527. The number of likely N-dealkylation sites (tertiary alicyclic amines) is 1. The molecule has 1 aromatic heterocycles. The van der Waals surface area contributed by atoms with E-state index < -0.39 is 0 Å². The van der Waals surface area contributed by atoms with Crippen LogP contribution in [-0.2, 0) is 0 Å². The fourth-order valence-corrected chi connectivity index (χ4v) is 5.03.